The van der Waals surface area contributed by atoms with E-state index in [1.165, 1.54) is 12.1 Å². The molecule has 0 saturated carbocycles. The molecule has 0 radical (unpaired) electrons. The summed E-state index contributed by atoms with van der Waals surface area (Å²) in [6.07, 6.45) is -4.34. The Morgan fingerprint density at radius 3 is 2.68 bits per heavy atom. The number of ether oxygens (including phenoxy) is 1. The first-order valence-corrected chi connectivity index (χ1v) is 7.99. The summed E-state index contributed by atoms with van der Waals surface area (Å²) in [6.45, 7) is -3.79. The van der Waals surface area contributed by atoms with Gasteiger partial charge in [0.25, 0.3) is 0 Å². The molecule has 0 saturated heterocycles. The summed E-state index contributed by atoms with van der Waals surface area (Å²) in [7, 11) is 0. The molecular weight excluding hydrogens is 393 g/mol. The van der Waals surface area contributed by atoms with Gasteiger partial charge < -0.3 is 9.64 Å². The van der Waals surface area contributed by atoms with Crippen molar-refractivity contribution in [3.8, 4) is 0 Å². The Hall–Kier alpha value is -2.78. The molecule has 0 bridgehead atoms. The largest absolute Gasteiger partial charge is 0.431 e. The van der Waals surface area contributed by atoms with E-state index in [4.69, 9.17) is 1.37 Å². The third-order valence-corrected chi connectivity index (χ3v) is 4.59. The fraction of sp³-hybridized carbons (Fsp3) is 0.278. The number of hydrogen-bond donors (Lipinski definition) is 0. The predicted molar refractivity (Wildman–Crippen MR) is 85.2 cm³/mol. The Bertz CT molecular complexity index is 1010. The lowest BCUT2D eigenvalue weighted by molar-refractivity contribution is -0.0981. The molecule has 0 fully saturated rings. The van der Waals surface area contributed by atoms with Crippen molar-refractivity contribution in [3.63, 3.8) is 0 Å². The number of allylic oxidation sites excluding steroid dienone is 2. The number of amidine groups is 1. The van der Waals surface area contributed by atoms with E-state index in [9.17, 15) is 30.7 Å². The lowest BCUT2D eigenvalue weighted by atomic mass is 9.80. The molecule has 1 aromatic carbocycles. The van der Waals surface area contributed by atoms with Crippen molar-refractivity contribution in [3.05, 3.63) is 64.6 Å². The Kier molecular flexibility index (Phi) is 3.78. The van der Waals surface area contributed by atoms with Gasteiger partial charge in [-0.15, -0.1) is 0 Å². The normalized spacial score (nSPS) is 24.6. The van der Waals surface area contributed by atoms with E-state index in [1.54, 1.807) is 0 Å². The zero-order valence-electron chi connectivity index (χ0n) is 14.8. The lowest BCUT2D eigenvalue weighted by Crippen LogP contribution is -2.36. The summed E-state index contributed by atoms with van der Waals surface area (Å²) >= 11 is 0. The molecule has 3 aliphatic rings. The standard InChI is InChI=1S/C18H11F7N2O/c19-10-5-11-12(2-1-3-13(11)20)17(6-10)8-27-7-9(18(23,24)25)4-14(15(27)26-17)28-16(21)22/h1-5,7,16H,6,8H2/t17-/m1/s1/i5D. The highest BCUT2D eigenvalue weighted by molar-refractivity contribution is 6.01. The Balaban J connectivity index is 1.87. The number of alkyl halides is 5. The van der Waals surface area contributed by atoms with Gasteiger partial charge in [0, 0.05) is 18.2 Å². The van der Waals surface area contributed by atoms with Crippen LogP contribution in [-0.4, -0.2) is 30.1 Å². The van der Waals surface area contributed by atoms with Gasteiger partial charge in [0.1, 0.15) is 17.2 Å². The van der Waals surface area contributed by atoms with Crippen molar-refractivity contribution in [2.45, 2.75) is 24.7 Å². The van der Waals surface area contributed by atoms with Crippen molar-refractivity contribution in [1.82, 2.24) is 4.90 Å². The minimum Gasteiger partial charge on any atom is -0.431 e. The van der Waals surface area contributed by atoms with Crippen LogP contribution in [0, 0.1) is 5.82 Å². The van der Waals surface area contributed by atoms with Crippen LogP contribution in [0.4, 0.5) is 30.7 Å². The number of halogens is 7. The van der Waals surface area contributed by atoms with Crippen LogP contribution in [-0.2, 0) is 10.3 Å². The fourth-order valence-corrected chi connectivity index (χ4v) is 3.52. The maximum absolute atomic E-state index is 14.5. The summed E-state index contributed by atoms with van der Waals surface area (Å²) in [6, 6.07) is 3.02. The molecule has 0 aromatic heterocycles. The van der Waals surface area contributed by atoms with Crippen LogP contribution in [0.1, 0.15) is 18.9 Å². The lowest BCUT2D eigenvalue weighted by Gasteiger charge is -2.32. The van der Waals surface area contributed by atoms with Crippen molar-refractivity contribution >= 4 is 11.9 Å². The highest BCUT2D eigenvalue weighted by atomic mass is 19.4. The van der Waals surface area contributed by atoms with Crippen LogP contribution in [0.15, 0.2) is 52.6 Å². The Morgan fingerprint density at radius 1 is 1.25 bits per heavy atom. The molecule has 3 nitrogen and oxygen atoms in total. The van der Waals surface area contributed by atoms with Gasteiger partial charge in [-0.05, 0) is 23.8 Å². The molecule has 2 aliphatic heterocycles. The molecule has 28 heavy (non-hydrogen) atoms. The molecule has 1 spiro atoms. The maximum atomic E-state index is 14.5. The quantitative estimate of drug-likeness (QED) is 0.645. The molecule has 10 heteroatoms. The first-order chi connectivity index (χ1) is 13.5. The minimum atomic E-state index is -4.85. The number of aliphatic imine (C=N–C) groups is 1. The zero-order valence-corrected chi connectivity index (χ0v) is 13.8. The second-order valence-electron chi connectivity index (χ2n) is 6.43. The second kappa shape index (κ2) is 6.11. The van der Waals surface area contributed by atoms with Gasteiger partial charge in [0.05, 0.1) is 13.5 Å². The highest BCUT2D eigenvalue weighted by Crippen LogP contribution is 2.47. The van der Waals surface area contributed by atoms with E-state index in [-0.39, 0.29) is 23.5 Å². The summed E-state index contributed by atoms with van der Waals surface area (Å²) in [5, 5.41) is 0. The topological polar surface area (TPSA) is 24.8 Å². The fourth-order valence-electron chi connectivity index (χ4n) is 3.52. The number of fused-ring (bicyclic) bond motifs is 3. The predicted octanol–water partition coefficient (Wildman–Crippen LogP) is 5.03. The van der Waals surface area contributed by atoms with Crippen molar-refractivity contribution in [2.75, 3.05) is 6.54 Å². The number of benzene rings is 1. The smallest absolute Gasteiger partial charge is 0.417 e. The monoisotopic (exact) mass is 405 g/mol. The average molecular weight is 405 g/mol. The van der Waals surface area contributed by atoms with E-state index in [2.05, 4.69) is 9.73 Å². The Morgan fingerprint density at radius 2 is 2.00 bits per heavy atom. The summed E-state index contributed by atoms with van der Waals surface area (Å²) in [4.78, 5) is 5.13. The van der Waals surface area contributed by atoms with Crippen LogP contribution in [0.25, 0.3) is 6.05 Å². The van der Waals surface area contributed by atoms with Crippen LogP contribution in [0.3, 0.4) is 0 Å². The van der Waals surface area contributed by atoms with Crippen molar-refractivity contribution < 1.29 is 36.8 Å². The van der Waals surface area contributed by atoms with Crippen molar-refractivity contribution in [2.24, 2.45) is 4.99 Å². The number of hydrogen-bond acceptors (Lipinski definition) is 3. The van der Waals surface area contributed by atoms with Gasteiger partial charge in [-0.1, -0.05) is 12.1 Å². The second-order valence-corrected chi connectivity index (χ2v) is 6.43. The van der Waals surface area contributed by atoms with E-state index in [1.807, 2.05) is 0 Å². The van der Waals surface area contributed by atoms with Crippen LogP contribution >= 0.6 is 0 Å². The van der Waals surface area contributed by atoms with E-state index >= 15 is 0 Å². The zero-order chi connectivity index (χ0) is 21.1. The SMILES string of the molecule is [2H]C1=C(F)C[C@@]2(CN3C=C(C(F)(F)F)C=C(OC(F)F)C3=N2)c2cccc(F)c21. The molecular formula is C18H11F7N2O. The third-order valence-electron chi connectivity index (χ3n) is 4.59. The van der Waals surface area contributed by atoms with Gasteiger partial charge >= 0.3 is 12.8 Å². The first-order valence-electron chi connectivity index (χ1n) is 8.49. The molecule has 148 valence electrons. The first kappa shape index (κ1) is 17.3. The average Bonchev–Trinajstić information content (AvgIpc) is 2.98. The van der Waals surface area contributed by atoms with Crippen LogP contribution in [0.2, 0.25) is 0 Å². The van der Waals surface area contributed by atoms with Gasteiger partial charge in [0.15, 0.2) is 11.6 Å². The van der Waals surface area contributed by atoms with Gasteiger partial charge in [-0.3, -0.25) is 4.99 Å². The van der Waals surface area contributed by atoms with Gasteiger partial charge in [0.2, 0.25) is 0 Å². The van der Waals surface area contributed by atoms with Gasteiger partial charge in [-0.2, -0.15) is 22.0 Å². The molecule has 1 atom stereocenters. The minimum absolute atomic E-state index is 0.0872. The number of rotatable bonds is 2. The molecule has 0 N–H and O–H groups in total. The van der Waals surface area contributed by atoms with Crippen molar-refractivity contribution in [1.29, 1.82) is 0 Å². The van der Waals surface area contributed by atoms with Gasteiger partial charge in [-0.25, -0.2) is 8.78 Å². The maximum Gasteiger partial charge on any atom is 0.417 e. The van der Waals surface area contributed by atoms with Crippen LogP contribution in [0.5, 0.6) is 0 Å². The molecule has 1 aromatic rings. The number of nitrogens with zero attached hydrogens (tertiary/aromatic N) is 2. The summed E-state index contributed by atoms with van der Waals surface area (Å²) in [5.41, 5.74) is -3.12. The molecule has 4 rings (SSSR count). The van der Waals surface area contributed by atoms with Crippen LogP contribution < -0.4 is 0 Å². The highest BCUT2D eigenvalue weighted by Gasteiger charge is 2.48. The van der Waals surface area contributed by atoms with E-state index < -0.39 is 53.8 Å². The van der Waals surface area contributed by atoms with E-state index in [0.717, 1.165) is 11.0 Å². The molecule has 1 aliphatic carbocycles. The molecule has 2 heterocycles. The summed E-state index contributed by atoms with van der Waals surface area (Å²) < 4.78 is 106. The summed E-state index contributed by atoms with van der Waals surface area (Å²) in [5.74, 6) is -3.08. The molecule has 0 amide bonds. The van der Waals surface area contributed by atoms with E-state index in [0.29, 0.717) is 12.3 Å². The Labute approximate surface area is 155 Å². The molecule has 0 unspecified atom stereocenters. The third kappa shape index (κ3) is 2.96.